The summed E-state index contributed by atoms with van der Waals surface area (Å²) in [4.78, 5) is 14.4. The van der Waals surface area contributed by atoms with Gasteiger partial charge in [0.15, 0.2) is 0 Å². The van der Waals surface area contributed by atoms with Crippen LogP contribution in [-0.4, -0.2) is 24.4 Å². The van der Waals surface area contributed by atoms with E-state index in [0.29, 0.717) is 12.6 Å². The zero-order valence-corrected chi connectivity index (χ0v) is 13.9. The highest BCUT2D eigenvalue weighted by atomic mass is 16.2. The van der Waals surface area contributed by atoms with Crippen LogP contribution in [0.25, 0.3) is 0 Å². The summed E-state index contributed by atoms with van der Waals surface area (Å²) in [5.41, 5.74) is 4.94. The minimum atomic E-state index is 0.0427. The van der Waals surface area contributed by atoms with Gasteiger partial charge in [-0.15, -0.1) is 0 Å². The quantitative estimate of drug-likeness (QED) is 0.911. The van der Waals surface area contributed by atoms with Crippen LogP contribution in [0, 0.1) is 0 Å². The lowest BCUT2D eigenvalue weighted by atomic mass is 10.1. The Morgan fingerprint density at radius 3 is 2.65 bits per heavy atom. The summed E-state index contributed by atoms with van der Waals surface area (Å²) >= 11 is 0. The van der Waals surface area contributed by atoms with Crippen molar-refractivity contribution in [3.05, 3.63) is 65.2 Å². The van der Waals surface area contributed by atoms with Crippen LogP contribution in [0.5, 0.6) is 0 Å². The van der Waals surface area contributed by atoms with Gasteiger partial charge in [0.1, 0.15) is 0 Å². The van der Waals surface area contributed by atoms with Gasteiger partial charge in [-0.2, -0.15) is 0 Å². The Hall–Kier alpha value is -2.13. The predicted octanol–water partition coefficient (Wildman–Crippen LogP) is 3.81. The summed E-state index contributed by atoms with van der Waals surface area (Å²) in [6.45, 7) is 2.54. The van der Waals surface area contributed by atoms with Crippen molar-refractivity contribution in [1.29, 1.82) is 0 Å². The summed E-state index contributed by atoms with van der Waals surface area (Å²) in [6.07, 6.45) is 3.21. The van der Waals surface area contributed by atoms with Crippen LogP contribution in [0.4, 0.5) is 5.69 Å². The minimum Gasteiger partial charge on any atom is -0.325 e. The van der Waals surface area contributed by atoms with Crippen molar-refractivity contribution in [3.63, 3.8) is 0 Å². The molecule has 3 heteroatoms. The van der Waals surface area contributed by atoms with Crippen LogP contribution < -0.4 is 5.32 Å². The third-order valence-corrected chi connectivity index (χ3v) is 4.67. The molecule has 1 atom stereocenters. The molecule has 1 aliphatic rings. The van der Waals surface area contributed by atoms with E-state index < -0.39 is 0 Å². The Labute approximate surface area is 138 Å². The Morgan fingerprint density at radius 1 is 1.17 bits per heavy atom. The number of hydrogen-bond donors (Lipinski definition) is 1. The van der Waals surface area contributed by atoms with Gasteiger partial charge in [0.2, 0.25) is 5.91 Å². The molecule has 0 radical (unpaired) electrons. The third kappa shape index (κ3) is 3.62. The molecule has 0 bridgehead atoms. The van der Waals surface area contributed by atoms with E-state index in [0.717, 1.165) is 24.9 Å². The van der Waals surface area contributed by atoms with Gasteiger partial charge in [-0.25, -0.2) is 0 Å². The zero-order valence-electron chi connectivity index (χ0n) is 13.9. The van der Waals surface area contributed by atoms with Crippen molar-refractivity contribution in [1.82, 2.24) is 4.90 Å². The summed E-state index contributed by atoms with van der Waals surface area (Å²) in [5, 5.41) is 2.99. The number of anilines is 1. The second kappa shape index (κ2) is 6.97. The van der Waals surface area contributed by atoms with Crippen LogP contribution in [-0.2, 0) is 17.6 Å². The fraction of sp³-hybridized carbons (Fsp3) is 0.350. The first-order chi connectivity index (χ1) is 11.2. The molecule has 0 aliphatic heterocycles. The molecule has 0 unspecified atom stereocenters. The molecule has 1 N–H and O–H groups in total. The maximum absolute atomic E-state index is 12.3. The van der Waals surface area contributed by atoms with Gasteiger partial charge in [0, 0.05) is 11.7 Å². The normalized spacial score (nSPS) is 16.4. The van der Waals surface area contributed by atoms with Crippen molar-refractivity contribution in [2.75, 3.05) is 18.9 Å². The van der Waals surface area contributed by atoms with Gasteiger partial charge in [-0.1, -0.05) is 43.3 Å². The molecule has 1 aliphatic carbocycles. The summed E-state index contributed by atoms with van der Waals surface area (Å²) in [7, 11) is 2.03. The van der Waals surface area contributed by atoms with E-state index in [2.05, 4.69) is 53.5 Å². The minimum absolute atomic E-state index is 0.0427. The Bertz CT molecular complexity index is 678. The molecule has 0 spiro atoms. The smallest absolute Gasteiger partial charge is 0.238 e. The number of amides is 1. The number of rotatable bonds is 5. The molecule has 23 heavy (non-hydrogen) atoms. The summed E-state index contributed by atoms with van der Waals surface area (Å²) in [5.74, 6) is 0.0427. The Morgan fingerprint density at radius 2 is 1.91 bits per heavy atom. The lowest BCUT2D eigenvalue weighted by molar-refractivity contribution is -0.117. The molecule has 120 valence electrons. The average molecular weight is 308 g/mol. The topological polar surface area (TPSA) is 32.3 Å². The summed E-state index contributed by atoms with van der Waals surface area (Å²) < 4.78 is 0. The van der Waals surface area contributed by atoms with E-state index in [1.807, 2.05) is 19.2 Å². The van der Waals surface area contributed by atoms with Crippen molar-refractivity contribution in [3.8, 4) is 0 Å². The van der Waals surface area contributed by atoms with E-state index in [4.69, 9.17) is 0 Å². The largest absolute Gasteiger partial charge is 0.325 e. The van der Waals surface area contributed by atoms with Gasteiger partial charge in [0.05, 0.1) is 6.54 Å². The fourth-order valence-electron chi connectivity index (χ4n) is 3.35. The van der Waals surface area contributed by atoms with Crippen LogP contribution in [0.1, 0.15) is 36.1 Å². The SMILES string of the molecule is CCc1ccc(NC(=O)CN(C)[C@@H]2CCc3ccccc32)cc1. The second-order valence-corrected chi connectivity index (χ2v) is 6.27. The van der Waals surface area contributed by atoms with Crippen LogP contribution in [0.3, 0.4) is 0 Å². The molecular formula is C20H24N2O. The first-order valence-corrected chi connectivity index (χ1v) is 8.34. The molecule has 1 amide bonds. The number of carbonyl (C=O) groups excluding carboxylic acids is 1. The first-order valence-electron chi connectivity index (χ1n) is 8.34. The third-order valence-electron chi connectivity index (χ3n) is 4.67. The van der Waals surface area contributed by atoms with Crippen LogP contribution in [0.15, 0.2) is 48.5 Å². The van der Waals surface area contributed by atoms with Gasteiger partial charge >= 0.3 is 0 Å². The first kappa shape index (κ1) is 15.8. The predicted molar refractivity (Wildman–Crippen MR) is 94.6 cm³/mol. The number of carbonyl (C=O) groups is 1. The van der Waals surface area contributed by atoms with Gasteiger partial charge < -0.3 is 5.32 Å². The molecule has 2 aromatic rings. The molecule has 0 saturated heterocycles. The maximum Gasteiger partial charge on any atom is 0.238 e. The number of fused-ring (bicyclic) bond motifs is 1. The van der Waals surface area contributed by atoms with Crippen molar-refractivity contribution >= 4 is 11.6 Å². The van der Waals surface area contributed by atoms with Gasteiger partial charge in [0.25, 0.3) is 0 Å². The molecule has 0 fully saturated rings. The lowest BCUT2D eigenvalue weighted by Crippen LogP contribution is -2.32. The van der Waals surface area contributed by atoms with E-state index >= 15 is 0 Å². The van der Waals surface area contributed by atoms with Crippen LogP contribution >= 0.6 is 0 Å². The van der Waals surface area contributed by atoms with Crippen molar-refractivity contribution in [2.45, 2.75) is 32.2 Å². The zero-order chi connectivity index (χ0) is 16.2. The lowest BCUT2D eigenvalue weighted by Gasteiger charge is -2.24. The number of nitrogens with one attached hydrogen (secondary N) is 1. The highest BCUT2D eigenvalue weighted by Gasteiger charge is 2.26. The fourth-order valence-corrected chi connectivity index (χ4v) is 3.35. The van der Waals surface area contributed by atoms with E-state index in [1.165, 1.54) is 16.7 Å². The molecular weight excluding hydrogens is 284 g/mol. The van der Waals surface area contributed by atoms with Crippen molar-refractivity contribution in [2.24, 2.45) is 0 Å². The molecule has 0 saturated carbocycles. The monoisotopic (exact) mass is 308 g/mol. The number of nitrogens with zero attached hydrogens (tertiary/aromatic N) is 1. The average Bonchev–Trinajstić information content (AvgIpc) is 2.99. The molecule has 0 heterocycles. The van der Waals surface area contributed by atoms with Gasteiger partial charge in [-0.3, -0.25) is 9.69 Å². The van der Waals surface area contributed by atoms with E-state index in [9.17, 15) is 4.79 Å². The maximum atomic E-state index is 12.3. The standard InChI is InChI=1S/C20H24N2O/c1-3-15-8-11-17(12-9-15)21-20(23)14-22(2)19-13-10-16-6-4-5-7-18(16)19/h4-9,11-12,19H,3,10,13-14H2,1-2H3,(H,21,23)/t19-/m1/s1. The Balaban J connectivity index is 1.59. The van der Waals surface area contributed by atoms with Crippen LogP contribution in [0.2, 0.25) is 0 Å². The molecule has 3 nitrogen and oxygen atoms in total. The highest BCUT2D eigenvalue weighted by Crippen LogP contribution is 2.34. The number of likely N-dealkylation sites (N-methyl/N-ethyl adjacent to an activating group) is 1. The molecule has 3 rings (SSSR count). The second-order valence-electron chi connectivity index (χ2n) is 6.27. The number of benzene rings is 2. The molecule has 2 aromatic carbocycles. The summed E-state index contributed by atoms with van der Waals surface area (Å²) in [6, 6.07) is 17.0. The van der Waals surface area contributed by atoms with Gasteiger partial charge in [-0.05, 0) is 55.1 Å². The van der Waals surface area contributed by atoms with E-state index in [1.54, 1.807) is 0 Å². The highest BCUT2D eigenvalue weighted by molar-refractivity contribution is 5.92. The van der Waals surface area contributed by atoms with Crippen molar-refractivity contribution < 1.29 is 4.79 Å². The number of hydrogen-bond acceptors (Lipinski definition) is 2. The van der Waals surface area contributed by atoms with E-state index in [-0.39, 0.29) is 5.91 Å². The molecule has 0 aromatic heterocycles. The Kier molecular flexibility index (Phi) is 4.77. The number of aryl methyl sites for hydroxylation is 2.